The summed E-state index contributed by atoms with van der Waals surface area (Å²) in [6.07, 6.45) is 0.339. The predicted molar refractivity (Wildman–Crippen MR) is 95.1 cm³/mol. The molecule has 6 heteroatoms. The van der Waals surface area contributed by atoms with Crippen molar-refractivity contribution in [1.29, 1.82) is 0 Å². The smallest absolute Gasteiger partial charge is 0.235 e. The highest BCUT2D eigenvalue weighted by molar-refractivity contribution is 6.04. The summed E-state index contributed by atoms with van der Waals surface area (Å²) in [7, 11) is 0. The third-order valence-electron chi connectivity index (χ3n) is 4.14. The first-order valence-electron chi connectivity index (χ1n) is 8.35. The number of hydrogen-bond acceptors (Lipinski definition) is 2. The van der Waals surface area contributed by atoms with E-state index in [9.17, 15) is 18.4 Å². The maximum absolute atomic E-state index is 13.6. The number of carbonyl (C=O) groups is 2. The Morgan fingerprint density at radius 2 is 1.54 bits per heavy atom. The molecule has 0 fully saturated rings. The first kappa shape index (κ1) is 19.6. The van der Waals surface area contributed by atoms with Crippen LogP contribution in [-0.4, -0.2) is 18.4 Å². The minimum atomic E-state index is -1.28. The summed E-state index contributed by atoms with van der Waals surface area (Å²) in [5, 5.41) is 5.34. The second kappa shape index (κ2) is 8.56. The van der Waals surface area contributed by atoms with Crippen LogP contribution in [0.2, 0.25) is 0 Å². The lowest BCUT2D eigenvalue weighted by molar-refractivity contribution is -0.141. The second-order valence-corrected chi connectivity index (χ2v) is 6.53. The Kier molecular flexibility index (Phi) is 6.44. The van der Waals surface area contributed by atoms with Crippen LogP contribution in [0.3, 0.4) is 0 Å². The molecule has 0 aliphatic heterocycles. The number of rotatable bonds is 7. The normalized spacial score (nSPS) is 11.1. The van der Waals surface area contributed by atoms with Gasteiger partial charge in [-0.05, 0) is 49.6 Å². The molecule has 0 bridgehead atoms. The summed E-state index contributed by atoms with van der Waals surface area (Å²) in [5.41, 5.74) is -0.0446. The molecule has 2 N–H and O–H groups in total. The van der Waals surface area contributed by atoms with Gasteiger partial charge in [0, 0.05) is 13.1 Å². The quantitative estimate of drug-likeness (QED) is 0.746. The summed E-state index contributed by atoms with van der Waals surface area (Å²) in [5.74, 6) is -1.55. The van der Waals surface area contributed by atoms with Crippen molar-refractivity contribution in [2.24, 2.45) is 5.41 Å². The Morgan fingerprint density at radius 3 is 2.19 bits per heavy atom. The van der Waals surface area contributed by atoms with Gasteiger partial charge >= 0.3 is 0 Å². The molecule has 138 valence electrons. The van der Waals surface area contributed by atoms with Crippen molar-refractivity contribution >= 4 is 11.8 Å². The molecule has 2 rings (SSSR count). The highest BCUT2D eigenvalue weighted by atomic mass is 19.1. The summed E-state index contributed by atoms with van der Waals surface area (Å²) in [6, 6.07) is 12.1. The van der Waals surface area contributed by atoms with E-state index in [0.717, 1.165) is 5.56 Å². The molecule has 4 nitrogen and oxygen atoms in total. The average molecular weight is 360 g/mol. The van der Waals surface area contributed by atoms with E-state index in [2.05, 4.69) is 10.6 Å². The lowest BCUT2D eigenvalue weighted by Crippen LogP contribution is -2.48. The summed E-state index contributed by atoms with van der Waals surface area (Å²) in [6.45, 7) is 3.47. The first-order chi connectivity index (χ1) is 12.3. The fourth-order valence-corrected chi connectivity index (χ4v) is 2.34. The first-order valence-corrected chi connectivity index (χ1v) is 8.35. The van der Waals surface area contributed by atoms with E-state index in [-0.39, 0.29) is 24.7 Å². The van der Waals surface area contributed by atoms with Crippen LogP contribution in [0.15, 0.2) is 48.5 Å². The van der Waals surface area contributed by atoms with E-state index in [1.54, 1.807) is 30.3 Å². The number of carbonyl (C=O) groups excluding carboxylic acids is 2. The van der Waals surface area contributed by atoms with E-state index in [1.165, 1.54) is 32.0 Å². The molecule has 2 aromatic rings. The van der Waals surface area contributed by atoms with Crippen LogP contribution in [0.1, 0.15) is 25.0 Å². The highest BCUT2D eigenvalue weighted by Crippen LogP contribution is 2.16. The molecular weight excluding hydrogens is 338 g/mol. The van der Waals surface area contributed by atoms with Crippen LogP contribution in [0.5, 0.6) is 0 Å². The molecule has 0 aliphatic carbocycles. The third kappa shape index (κ3) is 5.12. The SMILES string of the molecule is CC(C)(C(=O)NCCc1ccccc1F)C(=O)NCc1ccc(F)cc1. The zero-order valence-electron chi connectivity index (χ0n) is 14.8. The van der Waals surface area contributed by atoms with Crippen LogP contribution >= 0.6 is 0 Å². The van der Waals surface area contributed by atoms with Crippen LogP contribution in [0, 0.1) is 17.0 Å². The standard InChI is InChI=1S/C20H22F2N2O2/c1-20(2,19(26)24-13-14-7-9-16(21)10-8-14)18(25)23-12-11-15-5-3-4-6-17(15)22/h3-10H,11-13H2,1-2H3,(H,23,25)(H,24,26). The molecule has 0 saturated carbocycles. The number of benzene rings is 2. The molecule has 26 heavy (non-hydrogen) atoms. The van der Waals surface area contributed by atoms with Gasteiger partial charge in [-0.25, -0.2) is 8.78 Å². The number of halogens is 2. The Labute approximate surface area is 151 Å². The van der Waals surface area contributed by atoms with Gasteiger partial charge in [0.2, 0.25) is 11.8 Å². The molecule has 2 amide bonds. The zero-order valence-corrected chi connectivity index (χ0v) is 14.8. The van der Waals surface area contributed by atoms with Crippen molar-refractivity contribution in [2.45, 2.75) is 26.8 Å². The molecular formula is C20H22F2N2O2. The predicted octanol–water partition coefficient (Wildman–Crippen LogP) is 2.97. The largest absolute Gasteiger partial charge is 0.355 e. The van der Waals surface area contributed by atoms with Crippen LogP contribution in [0.4, 0.5) is 8.78 Å². The Morgan fingerprint density at radius 1 is 0.923 bits per heavy atom. The second-order valence-electron chi connectivity index (χ2n) is 6.53. The van der Waals surface area contributed by atoms with Gasteiger partial charge in [-0.15, -0.1) is 0 Å². The van der Waals surface area contributed by atoms with E-state index in [0.29, 0.717) is 12.0 Å². The molecule has 0 atom stereocenters. The third-order valence-corrected chi connectivity index (χ3v) is 4.14. The topological polar surface area (TPSA) is 58.2 Å². The lowest BCUT2D eigenvalue weighted by atomic mass is 9.91. The molecule has 0 aromatic heterocycles. The fourth-order valence-electron chi connectivity index (χ4n) is 2.34. The lowest BCUT2D eigenvalue weighted by Gasteiger charge is -2.22. The summed E-state index contributed by atoms with van der Waals surface area (Å²) >= 11 is 0. The number of amides is 2. The fraction of sp³-hybridized carbons (Fsp3) is 0.300. The minimum Gasteiger partial charge on any atom is -0.355 e. The summed E-state index contributed by atoms with van der Waals surface area (Å²) in [4.78, 5) is 24.6. The van der Waals surface area contributed by atoms with Gasteiger partial charge in [-0.1, -0.05) is 30.3 Å². The maximum atomic E-state index is 13.6. The highest BCUT2D eigenvalue weighted by Gasteiger charge is 2.35. The van der Waals surface area contributed by atoms with Crippen molar-refractivity contribution < 1.29 is 18.4 Å². The van der Waals surface area contributed by atoms with Gasteiger partial charge in [-0.2, -0.15) is 0 Å². The number of hydrogen-bond donors (Lipinski definition) is 2. The van der Waals surface area contributed by atoms with Crippen molar-refractivity contribution in [3.63, 3.8) is 0 Å². The van der Waals surface area contributed by atoms with E-state index in [4.69, 9.17) is 0 Å². The van der Waals surface area contributed by atoms with E-state index in [1.807, 2.05) is 0 Å². The van der Waals surface area contributed by atoms with E-state index < -0.39 is 17.2 Å². The molecule has 2 aromatic carbocycles. The van der Waals surface area contributed by atoms with Crippen molar-refractivity contribution in [3.8, 4) is 0 Å². The van der Waals surface area contributed by atoms with Gasteiger partial charge in [0.05, 0.1) is 0 Å². The van der Waals surface area contributed by atoms with Crippen LogP contribution in [0.25, 0.3) is 0 Å². The molecule has 0 radical (unpaired) electrons. The van der Waals surface area contributed by atoms with Crippen LogP contribution in [-0.2, 0) is 22.6 Å². The van der Waals surface area contributed by atoms with Crippen molar-refractivity contribution in [1.82, 2.24) is 10.6 Å². The maximum Gasteiger partial charge on any atom is 0.235 e. The van der Waals surface area contributed by atoms with Gasteiger partial charge in [0.1, 0.15) is 17.0 Å². The monoisotopic (exact) mass is 360 g/mol. The zero-order chi connectivity index (χ0) is 19.2. The van der Waals surface area contributed by atoms with Crippen molar-refractivity contribution in [3.05, 3.63) is 71.3 Å². The van der Waals surface area contributed by atoms with Crippen molar-refractivity contribution in [2.75, 3.05) is 6.54 Å². The van der Waals surface area contributed by atoms with Gasteiger partial charge in [-0.3, -0.25) is 9.59 Å². The number of nitrogens with one attached hydrogen (secondary N) is 2. The Balaban J connectivity index is 1.84. The molecule has 0 heterocycles. The van der Waals surface area contributed by atoms with Gasteiger partial charge < -0.3 is 10.6 Å². The van der Waals surface area contributed by atoms with E-state index >= 15 is 0 Å². The molecule has 0 aliphatic rings. The molecule has 0 spiro atoms. The molecule has 0 unspecified atom stereocenters. The Bertz CT molecular complexity index is 774. The van der Waals surface area contributed by atoms with Gasteiger partial charge in [0.25, 0.3) is 0 Å². The molecule has 0 saturated heterocycles. The van der Waals surface area contributed by atoms with Gasteiger partial charge in [0.15, 0.2) is 0 Å². The Hall–Kier alpha value is -2.76. The average Bonchev–Trinajstić information content (AvgIpc) is 2.62. The summed E-state index contributed by atoms with van der Waals surface area (Å²) < 4.78 is 26.4. The minimum absolute atomic E-state index is 0.199. The van der Waals surface area contributed by atoms with Crippen LogP contribution < -0.4 is 10.6 Å².